The molecule has 100 valence electrons. The van der Waals surface area contributed by atoms with Gasteiger partial charge in [0.2, 0.25) is 0 Å². The predicted molar refractivity (Wildman–Crippen MR) is 69.5 cm³/mol. The summed E-state index contributed by atoms with van der Waals surface area (Å²) in [5, 5.41) is 0. The van der Waals surface area contributed by atoms with Gasteiger partial charge in [0.25, 0.3) is 0 Å². The lowest BCUT2D eigenvalue weighted by Gasteiger charge is -2.36. The molecular weight excluding hydrogens is 214 g/mol. The van der Waals surface area contributed by atoms with Crippen molar-refractivity contribution in [3.8, 4) is 0 Å². The van der Waals surface area contributed by atoms with E-state index in [1.165, 1.54) is 20.0 Å². The Morgan fingerprint density at radius 3 is 2.18 bits per heavy atom. The van der Waals surface area contributed by atoms with Gasteiger partial charge in [-0.1, -0.05) is 27.7 Å². The van der Waals surface area contributed by atoms with Crippen LogP contribution >= 0.6 is 0 Å². The van der Waals surface area contributed by atoms with E-state index >= 15 is 0 Å². The number of carbonyl (C=O) groups excluding carboxylic acids is 1. The van der Waals surface area contributed by atoms with Crippen LogP contribution in [0.4, 0.5) is 0 Å². The molecule has 0 aromatic heterocycles. The first-order valence-electron chi connectivity index (χ1n) is 6.54. The largest absolute Gasteiger partial charge is 0.468 e. The second-order valence-corrected chi connectivity index (χ2v) is 6.74. The monoisotopic (exact) mass is 241 g/mol. The first-order valence-corrected chi connectivity index (χ1v) is 6.54. The number of ether oxygens (including phenoxy) is 1. The van der Waals surface area contributed by atoms with Gasteiger partial charge in [0.15, 0.2) is 0 Å². The fourth-order valence-corrected chi connectivity index (χ4v) is 3.45. The number of nitrogens with two attached hydrogens (primary N) is 1. The van der Waals surface area contributed by atoms with Crippen LogP contribution in [-0.2, 0) is 9.53 Å². The molecule has 1 unspecified atom stereocenters. The van der Waals surface area contributed by atoms with Gasteiger partial charge < -0.3 is 10.5 Å². The lowest BCUT2D eigenvalue weighted by atomic mass is 9.70. The smallest absolute Gasteiger partial charge is 0.322 e. The Bertz CT molecular complexity index is 268. The van der Waals surface area contributed by atoms with Gasteiger partial charge in [-0.25, -0.2) is 0 Å². The van der Waals surface area contributed by atoms with Crippen LogP contribution in [0.25, 0.3) is 0 Å². The van der Waals surface area contributed by atoms with Crippen molar-refractivity contribution in [2.24, 2.45) is 22.5 Å². The third-order valence-corrected chi connectivity index (χ3v) is 4.57. The van der Waals surface area contributed by atoms with Gasteiger partial charge in [-0.2, -0.15) is 0 Å². The Labute approximate surface area is 105 Å². The maximum atomic E-state index is 11.3. The lowest BCUT2D eigenvalue weighted by molar-refractivity contribution is -0.142. The minimum atomic E-state index is -0.466. The fourth-order valence-electron chi connectivity index (χ4n) is 3.45. The summed E-state index contributed by atoms with van der Waals surface area (Å²) >= 11 is 0. The average Bonchev–Trinajstić information content (AvgIpc) is 2.45. The summed E-state index contributed by atoms with van der Waals surface area (Å²) in [5.41, 5.74) is 6.53. The number of rotatable bonds is 4. The zero-order valence-electron chi connectivity index (χ0n) is 11.9. The summed E-state index contributed by atoms with van der Waals surface area (Å²) in [7, 11) is 1.39. The van der Waals surface area contributed by atoms with E-state index in [-0.39, 0.29) is 5.97 Å². The summed E-state index contributed by atoms with van der Waals surface area (Å²) in [6.45, 7) is 9.32. The van der Waals surface area contributed by atoms with Gasteiger partial charge in [-0.05, 0) is 42.4 Å². The van der Waals surface area contributed by atoms with E-state index in [2.05, 4.69) is 32.4 Å². The SMILES string of the molecule is COC(=O)C(N)CCC1C(C)(C)CCC1(C)C. The van der Waals surface area contributed by atoms with Gasteiger partial charge in [-0.15, -0.1) is 0 Å². The van der Waals surface area contributed by atoms with Crippen molar-refractivity contribution in [2.45, 2.75) is 59.4 Å². The van der Waals surface area contributed by atoms with E-state index in [0.29, 0.717) is 16.7 Å². The van der Waals surface area contributed by atoms with Crippen molar-refractivity contribution < 1.29 is 9.53 Å². The molecule has 0 radical (unpaired) electrons. The molecule has 0 heterocycles. The number of carbonyl (C=O) groups is 1. The third kappa shape index (κ3) is 3.21. The van der Waals surface area contributed by atoms with Crippen molar-refractivity contribution in [1.29, 1.82) is 0 Å². The third-order valence-electron chi connectivity index (χ3n) is 4.57. The molecule has 17 heavy (non-hydrogen) atoms. The summed E-state index contributed by atoms with van der Waals surface area (Å²) in [6.07, 6.45) is 4.26. The van der Waals surface area contributed by atoms with Crippen molar-refractivity contribution in [1.82, 2.24) is 0 Å². The quantitative estimate of drug-likeness (QED) is 0.770. The standard InChI is InChI=1S/C14H27NO2/c1-13(2)8-9-14(3,4)11(13)7-6-10(15)12(16)17-5/h10-11H,6-9,15H2,1-5H3. The Morgan fingerprint density at radius 2 is 1.76 bits per heavy atom. The summed E-state index contributed by atoms with van der Waals surface area (Å²) in [4.78, 5) is 11.3. The summed E-state index contributed by atoms with van der Waals surface area (Å²) in [5.74, 6) is 0.337. The van der Waals surface area contributed by atoms with Crippen molar-refractivity contribution >= 4 is 5.97 Å². The van der Waals surface area contributed by atoms with E-state index in [4.69, 9.17) is 5.73 Å². The highest BCUT2D eigenvalue weighted by Crippen LogP contribution is 2.55. The van der Waals surface area contributed by atoms with E-state index in [0.717, 1.165) is 12.8 Å². The normalized spacial score (nSPS) is 24.6. The summed E-state index contributed by atoms with van der Waals surface area (Å²) in [6, 6.07) is -0.466. The van der Waals surface area contributed by atoms with E-state index < -0.39 is 6.04 Å². The molecule has 0 saturated heterocycles. The van der Waals surface area contributed by atoms with Crippen LogP contribution in [0.5, 0.6) is 0 Å². The van der Waals surface area contributed by atoms with Crippen LogP contribution in [0.2, 0.25) is 0 Å². The molecule has 3 heteroatoms. The molecule has 0 amide bonds. The van der Waals surface area contributed by atoms with Crippen molar-refractivity contribution in [2.75, 3.05) is 7.11 Å². The molecule has 1 aliphatic carbocycles. The molecule has 3 nitrogen and oxygen atoms in total. The van der Waals surface area contributed by atoms with Crippen molar-refractivity contribution in [3.05, 3.63) is 0 Å². The lowest BCUT2D eigenvalue weighted by Crippen LogP contribution is -2.35. The molecule has 1 atom stereocenters. The predicted octanol–water partition coefficient (Wildman–Crippen LogP) is 2.73. The molecule has 0 bridgehead atoms. The maximum absolute atomic E-state index is 11.3. The molecule has 1 aliphatic rings. The van der Waals surface area contributed by atoms with Gasteiger partial charge in [0, 0.05) is 0 Å². The highest BCUT2D eigenvalue weighted by Gasteiger charge is 2.46. The van der Waals surface area contributed by atoms with E-state index in [1.807, 2.05) is 0 Å². The second-order valence-electron chi connectivity index (χ2n) is 6.74. The molecule has 0 spiro atoms. The van der Waals surface area contributed by atoms with Crippen LogP contribution in [0.1, 0.15) is 53.4 Å². The highest BCUT2D eigenvalue weighted by atomic mass is 16.5. The highest BCUT2D eigenvalue weighted by molar-refractivity contribution is 5.75. The van der Waals surface area contributed by atoms with Crippen LogP contribution in [0.3, 0.4) is 0 Å². The van der Waals surface area contributed by atoms with Gasteiger partial charge >= 0.3 is 5.97 Å². The molecule has 0 aromatic carbocycles. The molecule has 1 saturated carbocycles. The van der Waals surface area contributed by atoms with E-state index in [1.54, 1.807) is 0 Å². The Balaban J connectivity index is 2.58. The van der Waals surface area contributed by atoms with Gasteiger partial charge in [0.05, 0.1) is 7.11 Å². The molecule has 0 aromatic rings. The summed E-state index contributed by atoms with van der Waals surface area (Å²) < 4.78 is 4.67. The van der Waals surface area contributed by atoms with Crippen LogP contribution in [0, 0.1) is 16.7 Å². The molecule has 0 aliphatic heterocycles. The van der Waals surface area contributed by atoms with Crippen LogP contribution < -0.4 is 5.73 Å². The number of esters is 1. The molecular formula is C14H27NO2. The maximum Gasteiger partial charge on any atom is 0.322 e. The van der Waals surface area contributed by atoms with Crippen molar-refractivity contribution in [3.63, 3.8) is 0 Å². The number of hydrogen-bond donors (Lipinski definition) is 1. The molecule has 1 fully saturated rings. The van der Waals surface area contributed by atoms with Gasteiger partial charge in [-0.3, -0.25) is 4.79 Å². The minimum absolute atomic E-state index is 0.293. The minimum Gasteiger partial charge on any atom is -0.468 e. The number of methoxy groups -OCH3 is 1. The number of hydrogen-bond acceptors (Lipinski definition) is 3. The first kappa shape index (κ1) is 14.5. The Kier molecular flexibility index (Phi) is 4.23. The zero-order chi connectivity index (χ0) is 13.3. The van der Waals surface area contributed by atoms with Crippen LogP contribution in [0.15, 0.2) is 0 Å². The van der Waals surface area contributed by atoms with Crippen LogP contribution in [-0.4, -0.2) is 19.1 Å². The topological polar surface area (TPSA) is 52.3 Å². The Morgan fingerprint density at radius 1 is 1.29 bits per heavy atom. The average molecular weight is 241 g/mol. The zero-order valence-corrected chi connectivity index (χ0v) is 11.9. The second kappa shape index (κ2) is 4.97. The fraction of sp³-hybridized carbons (Fsp3) is 0.929. The molecule has 1 rings (SSSR count). The molecule has 2 N–H and O–H groups in total. The first-order chi connectivity index (χ1) is 7.70. The Hall–Kier alpha value is -0.570. The van der Waals surface area contributed by atoms with Gasteiger partial charge in [0.1, 0.15) is 6.04 Å². The van der Waals surface area contributed by atoms with E-state index in [9.17, 15) is 4.79 Å².